The fourth-order valence-corrected chi connectivity index (χ4v) is 3.53. The predicted molar refractivity (Wildman–Crippen MR) is 112 cm³/mol. The van der Waals surface area contributed by atoms with E-state index < -0.39 is 11.8 Å². The molecule has 2 saturated heterocycles. The Hall–Kier alpha value is -2.72. The molecule has 160 valence electrons. The normalized spacial score (nSPS) is 16.6. The SMILES string of the molecule is O=C(NCc1nc(N2CCCC2)nc(N2CCOCC2)n1)Nc1ccc(F)c(Cl)c1. The lowest BCUT2D eigenvalue weighted by atomic mass is 10.3. The lowest BCUT2D eigenvalue weighted by molar-refractivity contribution is 0.122. The molecule has 0 spiro atoms. The summed E-state index contributed by atoms with van der Waals surface area (Å²) in [6.45, 7) is 4.62. The van der Waals surface area contributed by atoms with E-state index in [-0.39, 0.29) is 11.6 Å². The molecule has 30 heavy (non-hydrogen) atoms. The molecule has 4 rings (SSSR count). The molecule has 0 radical (unpaired) electrons. The molecule has 2 aliphatic heterocycles. The number of anilines is 3. The number of hydrogen-bond acceptors (Lipinski definition) is 7. The van der Waals surface area contributed by atoms with Crippen LogP contribution in [0.1, 0.15) is 18.7 Å². The number of hydrogen-bond donors (Lipinski definition) is 2. The topological polar surface area (TPSA) is 95.5 Å². The summed E-state index contributed by atoms with van der Waals surface area (Å²) < 4.78 is 18.7. The largest absolute Gasteiger partial charge is 0.378 e. The molecule has 2 fully saturated rings. The molecule has 2 aromatic rings. The van der Waals surface area contributed by atoms with Crippen molar-refractivity contribution >= 4 is 35.2 Å². The maximum absolute atomic E-state index is 13.3. The van der Waals surface area contributed by atoms with Crippen molar-refractivity contribution in [3.05, 3.63) is 34.9 Å². The minimum Gasteiger partial charge on any atom is -0.378 e. The number of aromatic nitrogens is 3. The van der Waals surface area contributed by atoms with Crippen LogP contribution in [0.15, 0.2) is 18.2 Å². The van der Waals surface area contributed by atoms with Crippen LogP contribution in [0.3, 0.4) is 0 Å². The van der Waals surface area contributed by atoms with Gasteiger partial charge >= 0.3 is 6.03 Å². The van der Waals surface area contributed by atoms with Gasteiger partial charge in [0, 0.05) is 31.9 Å². The van der Waals surface area contributed by atoms with Gasteiger partial charge in [-0.15, -0.1) is 0 Å². The van der Waals surface area contributed by atoms with Gasteiger partial charge in [-0.25, -0.2) is 9.18 Å². The molecule has 0 saturated carbocycles. The van der Waals surface area contributed by atoms with Crippen LogP contribution in [0.25, 0.3) is 0 Å². The highest BCUT2D eigenvalue weighted by Gasteiger charge is 2.21. The minimum absolute atomic E-state index is 0.0596. The number of benzene rings is 1. The number of morpholine rings is 1. The molecule has 0 unspecified atom stereocenters. The van der Waals surface area contributed by atoms with E-state index in [0.717, 1.165) is 25.9 Å². The Balaban J connectivity index is 1.45. The molecule has 0 atom stereocenters. The van der Waals surface area contributed by atoms with Gasteiger partial charge in [-0.1, -0.05) is 11.6 Å². The molecule has 11 heteroatoms. The zero-order chi connectivity index (χ0) is 20.9. The summed E-state index contributed by atoms with van der Waals surface area (Å²) in [5.41, 5.74) is 0.390. The number of halogens is 2. The monoisotopic (exact) mass is 435 g/mol. The highest BCUT2D eigenvalue weighted by atomic mass is 35.5. The van der Waals surface area contributed by atoms with E-state index in [9.17, 15) is 9.18 Å². The number of urea groups is 1. The molecule has 1 aromatic carbocycles. The summed E-state index contributed by atoms with van der Waals surface area (Å²) in [6.07, 6.45) is 2.21. The highest BCUT2D eigenvalue weighted by molar-refractivity contribution is 6.31. The Kier molecular flexibility index (Phi) is 6.44. The number of amides is 2. The van der Waals surface area contributed by atoms with Crippen LogP contribution >= 0.6 is 11.6 Å². The van der Waals surface area contributed by atoms with Crippen LogP contribution in [-0.2, 0) is 11.3 Å². The second kappa shape index (κ2) is 9.40. The molecule has 9 nitrogen and oxygen atoms in total. The molecule has 1 aromatic heterocycles. The van der Waals surface area contributed by atoms with Crippen molar-refractivity contribution in [1.29, 1.82) is 0 Å². The average Bonchev–Trinajstić information content (AvgIpc) is 3.30. The third kappa shape index (κ3) is 5.06. The molecule has 2 aliphatic rings. The number of carbonyl (C=O) groups excluding carboxylic acids is 1. The third-order valence-electron chi connectivity index (χ3n) is 4.93. The second-order valence-electron chi connectivity index (χ2n) is 7.08. The number of rotatable bonds is 5. The zero-order valence-corrected chi connectivity index (χ0v) is 17.2. The van der Waals surface area contributed by atoms with Crippen LogP contribution in [0, 0.1) is 5.82 Å². The van der Waals surface area contributed by atoms with Crippen LogP contribution in [0.4, 0.5) is 26.8 Å². The van der Waals surface area contributed by atoms with Gasteiger partial charge in [-0.05, 0) is 31.0 Å². The van der Waals surface area contributed by atoms with E-state index in [1.807, 2.05) is 0 Å². The second-order valence-corrected chi connectivity index (χ2v) is 7.49. The van der Waals surface area contributed by atoms with Crippen molar-refractivity contribution in [2.75, 3.05) is 54.5 Å². The number of ether oxygens (including phenoxy) is 1. The molecule has 0 aliphatic carbocycles. The lowest BCUT2D eigenvalue weighted by Crippen LogP contribution is -2.38. The van der Waals surface area contributed by atoms with Crippen molar-refractivity contribution in [3.8, 4) is 0 Å². The first-order chi connectivity index (χ1) is 14.6. The van der Waals surface area contributed by atoms with E-state index in [2.05, 4.69) is 35.4 Å². The number of carbonyl (C=O) groups is 1. The fourth-order valence-electron chi connectivity index (χ4n) is 3.35. The highest BCUT2D eigenvalue weighted by Crippen LogP contribution is 2.20. The van der Waals surface area contributed by atoms with Crippen LogP contribution in [-0.4, -0.2) is 60.4 Å². The van der Waals surface area contributed by atoms with Gasteiger partial charge in [-0.3, -0.25) is 0 Å². The van der Waals surface area contributed by atoms with Crippen molar-refractivity contribution in [2.45, 2.75) is 19.4 Å². The van der Waals surface area contributed by atoms with E-state index >= 15 is 0 Å². The molecule has 0 bridgehead atoms. The zero-order valence-electron chi connectivity index (χ0n) is 16.4. The smallest absolute Gasteiger partial charge is 0.319 e. The molecule has 2 N–H and O–H groups in total. The number of nitrogens with one attached hydrogen (secondary N) is 2. The fraction of sp³-hybridized carbons (Fsp3) is 0.474. The molecule has 2 amide bonds. The van der Waals surface area contributed by atoms with Gasteiger partial charge in [0.05, 0.1) is 24.8 Å². The van der Waals surface area contributed by atoms with E-state index in [1.54, 1.807) is 0 Å². The summed E-state index contributed by atoms with van der Waals surface area (Å²) in [6, 6.07) is 3.52. The van der Waals surface area contributed by atoms with Crippen molar-refractivity contribution < 1.29 is 13.9 Å². The Morgan fingerprint density at radius 1 is 1.07 bits per heavy atom. The lowest BCUT2D eigenvalue weighted by Gasteiger charge is -2.28. The molecular weight excluding hydrogens is 413 g/mol. The van der Waals surface area contributed by atoms with Gasteiger partial charge in [0.15, 0.2) is 5.82 Å². The molecule has 3 heterocycles. The van der Waals surface area contributed by atoms with E-state index in [0.29, 0.717) is 49.7 Å². The van der Waals surface area contributed by atoms with Gasteiger partial charge in [0.1, 0.15) is 5.82 Å². The van der Waals surface area contributed by atoms with Crippen LogP contribution < -0.4 is 20.4 Å². The summed E-state index contributed by atoms with van der Waals surface area (Å²) >= 11 is 5.75. The van der Waals surface area contributed by atoms with Gasteiger partial charge in [0.2, 0.25) is 11.9 Å². The quantitative estimate of drug-likeness (QED) is 0.744. The maximum Gasteiger partial charge on any atom is 0.319 e. The van der Waals surface area contributed by atoms with Gasteiger partial charge in [-0.2, -0.15) is 15.0 Å². The first-order valence-electron chi connectivity index (χ1n) is 9.91. The first-order valence-corrected chi connectivity index (χ1v) is 10.3. The minimum atomic E-state index is -0.544. The van der Waals surface area contributed by atoms with Crippen molar-refractivity contribution in [2.24, 2.45) is 0 Å². The maximum atomic E-state index is 13.3. The van der Waals surface area contributed by atoms with Crippen LogP contribution in [0.5, 0.6) is 0 Å². The average molecular weight is 436 g/mol. The Morgan fingerprint density at radius 3 is 2.40 bits per heavy atom. The summed E-state index contributed by atoms with van der Waals surface area (Å²) in [5, 5.41) is 5.29. The Morgan fingerprint density at radius 2 is 1.73 bits per heavy atom. The van der Waals surface area contributed by atoms with Crippen molar-refractivity contribution in [3.63, 3.8) is 0 Å². The summed E-state index contributed by atoms with van der Waals surface area (Å²) in [5.74, 6) is 1.16. The Bertz CT molecular complexity index is 904. The molecular formula is C19H23ClFN7O2. The van der Waals surface area contributed by atoms with E-state index in [1.165, 1.54) is 18.2 Å². The predicted octanol–water partition coefficient (Wildman–Crippen LogP) is 2.42. The summed E-state index contributed by atoms with van der Waals surface area (Å²) in [4.78, 5) is 30.2. The Labute approximate surface area is 178 Å². The first kappa shape index (κ1) is 20.5. The van der Waals surface area contributed by atoms with E-state index in [4.69, 9.17) is 16.3 Å². The third-order valence-corrected chi connectivity index (χ3v) is 5.22. The van der Waals surface area contributed by atoms with Gasteiger partial charge in [0.25, 0.3) is 0 Å². The van der Waals surface area contributed by atoms with Crippen LogP contribution in [0.2, 0.25) is 5.02 Å². The van der Waals surface area contributed by atoms with Gasteiger partial charge < -0.3 is 25.2 Å². The summed E-state index contributed by atoms with van der Waals surface area (Å²) in [7, 11) is 0. The van der Waals surface area contributed by atoms with Crippen molar-refractivity contribution in [1.82, 2.24) is 20.3 Å². The number of nitrogens with zero attached hydrogens (tertiary/aromatic N) is 5. The standard InChI is InChI=1S/C19H23ClFN7O2/c20-14-11-13(3-4-15(14)21)23-19(29)22-12-16-24-17(27-5-1-2-6-27)26-18(25-16)28-7-9-30-10-8-28/h3-4,11H,1-2,5-10,12H2,(H2,22,23,29).